The molecule has 0 aromatic heterocycles. The SMILES string of the molecule is CC(C)C(NC(=O)CNC(=O)C(N)CCC(N)=O)C(=O)NC(CCCN=C(N)N)C(=O)O. The maximum absolute atomic E-state index is 12.6. The number of carbonyl (C=O) groups is 5. The van der Waals surface area contributed by atoms with Crippen LogP contribution in [0.1, 0.15) is 39.5 Å². The summed E-state index contributed by atoms with van der Waals surface area (Å²) in [5.41, 5.74) is 21.0. The van der Waals surface area contributed by atoms with Crippen molar-refractivity contribution in [2.45, 2.75) is 57.7 Å². The van der Waals surface area contributed by atoms with Gasteiger partial charge >= 0.3 is 5.97 Å². The predicted molar refractivity (Wildman–Crippen MR) is 116 cm³/mol. The minimum Gasteiger partial charge on any atom is -0.480 e. The van der Waals surface area contributed by atoms with Crippen LogP contribution < -0.4 is 38.9 Å². The van der Waals surface area contributed by atoms with E-state index in [1.165, 1.54) is 0 Å². The molecule has 14 heteroatoms. The molecule has 4 amide bonds. The summed E-state index contributed by atoms with van der Waals surface area (Å²) in [4.78, 5) is 62.5. The Balaban J connectivity index is 4.78. The maximum atomic E-state index is 12.6. The molecule has 0 aliphatic rings. The van der Waals surface area contributed by atoms with E-state index < -0.39 is 54.3 Å². The normalized spacial score (nSPS) is 13.4. The zero-order chi connectivity index (χ0) is 24.8. The van der Waals surface area contributed by atoms with E-state index >= 15 is 0 Å². The number of carboxylic acid groups (broad SMARTS) is 1. The minimum absolute atomic E-state index is 0.0274. The van der Waals surface area contributed by atoms with Crippen LogP contribution in [-0.2, 0) is 24.0 Å². The molecule has 0 rings (SSSR count). The number of rotatable bonds is 15. The third-order valence-electron chi connectivity index (χ3n) is 4.29. The van der Waals surface area contributed by atoms with E-state index in [-0.39, 0.29) is 37.7 Å². The highest BCUT2D eigenvalue weighted by Gasteiger charge is 2.28. The quantitative estimate of drug-likeness (QED) is 0.0685. The Bertz CT molecular complexity index is 708. The second-order valence-corrected chi connectivity index (χ2v) is 7.47. The first-order chi connectivity index (χ1) is 14.8. The molecule has 0 radical (unpaired) electrons. The lowest BCUT2D eigenvalue weighted by Gasteiger charge is -2.24. The number of nitrogens with one attached hydrogen (secondary N) is 3. The van der Waals surface area contributed by atoms with Gasteiger partial charge < -0.3 is 44.0 Å². The molecule has 3 unspecified atom stereocenters. The van der Waals surface area contributed by atoms with Crippen LogP contribution in [0.4, 0.5) is 0 Å². The molecule has 12 N–H and O–H groups in total. The number of hydrogen-bond acceptors (Lipinski definition) is 7. The Kier molecular flexibility index (Phi) is 13.0. The van der Waals surface area contributed by atoms with E-state index in [4.69, 9.17) is 22.9 Å². The highest BCUT2D eigenvalue weighted by molar-refractivity contribution is 5.92. The van der Waals surface area contributed by atoms with Gasteiger partial charge in [-0.2, -0.15) is 0 Å². The molecule has 0 fully saturated rings. The number of amides is 4. The molecule has 32 heavy (non-hydrogen) atoms. The number of hydrogen-bond donors (Lipinski definition) is 8. The fraction of sp³-hybridized carbons (Fsp3) is 0.667. The van der Waals surface area contributed by atoms with Crippen molar-refractivity contribution in [3.8, 4) is 0 Å². The van der Waals surface area contributed by atoms with Crippen molar-refractivity contribution in [2.75, 3.05) is 13.1 Å². The van der Waals surface area contributed by atoms with Gasteiger partial charge in [0.1, 0.15) is 12.1 Å². The third kappa shape index (κ3) is 12.3. The number of aliphatic imine (C=N–C) groups is 1. The van der Waals surface area contributed by atoms with Gasteiger partial charge in [-0.15, -0.1) is 0 Å². The lowest BCUT2D eigenvalue weighted by molar-refractivity contribution is -0.142. The summed E-state index contributed by atoms with van der Waals surface area (Å²) in [6.07, 6.45) is 0.346. The Morgan fingerprint density at radius 2 is 1.59 bits per heavy atom. The number of nitrogens with two attached hydrogens (primary N) is 4. The highest BCUT2D eigenvalue weighted by Crippen LogP contribution is 2.05. The van der Waals surface area contributed by atoms with E-state index in [0.29, 0.717) is 6.42 Å². The van der Waals surface area contributed by atoms with Crippen molar-refractivity contribution in [3.63, 3.8) is 0 Å². The van der Waals surface area contributed by atoms with E-state index in [1.54, 1.807) is 13.8 Å². The number of nitrogens with zero attached hydrogens (tertiary/aromatic N) is 1. The van der Waals surface area contributed by atoms with Gasteiger partial charge in [-0.25, -0.2) is 4.79 Å². The summed E-state index contributed by atoms with van der Waals surface area (Å²) in [6.45, 7) is 3.07. The van der Waals surface area contributed by atoms with Crippen LogP contribution in [0.25, 0.3) is 0 Å². The molecule has 0 aromatic carbocycles. The van der Waals surface area contributed by atoms with Gasteiger partial charge in [0.2, 0.25) is 23.6 Å². The largest absolute Gasteiger partial charge is 0.480 e. The number of aliphatic carboxylic acids is 1. The molecule has 0 heterocycles. The lowest BCUT2D eigenvalue weighted by atomic mass is 10.0. The summed E-state index contributed by atoms with van der Waals surface area (Å²) >= 11 is 0. The minimum atomic E-state index is -1.24. The Hall–Kier alpha value is -3.42. The van der Waals surface area contributed by atoms with Crippen LogP contribution >= 0.6 is 0 Å². The van der Waals surface area contributed by atoms with Crippen LogP contribution in [0.2, 0.25) is 0 Å². The first-order valence-electron chi connectivity index (χ1n) is 10.0. The highest BCUT2D eigenvalue weighted by atomic mass is 16.4. The van der Waals surface area contributed by atoms with Crippen LogP contribution in [0.5, 0.6) is 0 Å². The van der Waals surface area contributed by atoms with Gasteiger partial charge in [0.25, 0.3) is 0 Å². The summed E-state index contributed by atoms with van der Waals surface area (Å²) in [7, 11) is 0. The van der Waals surface area contributed by atoms with Gasteiger partial charge in [0.05, 0.1) is 12.6 Å². The maximum Gasteiger partial charge on any atom is 0.326 e. The van der Waals surface area contributed by atoms with Crippen LogP contribution in [0.3, 0.4) is 0 Å². The van der Waals surface area contributed by atoms with Crippen molar-refractivity contribution >= 4 is 35.6 Å². The van der Waals surface area contributed by atoms with Crippen molar-refractivity contribution in [3.05, 3.63) is 0 Å². The summed E-state index contributed by atoms with van der Waals surface area (Å²) in [5, 5.41) is 16.5. The number of guanidine groups is 1. The van der Waals surface area contributed by atoms with Crippen molar-refractivity contribution < 1.29 is 29.1 Å². The fourth-order valence-corrected chi connectivity index (χ4v) is 2.51. The molecule has 0 aliphatic heterocycles. The van der Waals surface area contributed by atoms with Crippen molar-refractivity contribution in [2.24, 2.45) is 33.8 Å². The van der Waals surface area contributed by atoms with Gasteiger partial charge in [-0.3, -0.25) is 24.2 Å². The van der Waals surface area contributed by atoms with E-state index in [0.717, 1.165) is 0 Å². The fourth-order valence-electron chi connectivity index (χ4n) is 2.51. The molecule has 0 aliphatic carbocycles. The smallest absolute Gasteiger partial charge is 0.326 e. The summed E-state index contributed by atoms with van der Waals surface area (Å²) < 4.78 is 0. The molecular formula is C18H34N8O6. The summed E-state index contributed by atoms with van der Waals surface area (Å²) in [5.74, 6) is -4.35. The standard InChI is InChI=1S/C18H34N8O6/c1-9(2)14(16(30)25-11(17(31)32)4-3-7-23-18(21)22)26-13(28)8-24-15(29)10(19)5-6-12(20)27/h9-11,14H,3-8,19H2,1-2H3,(H2,20,27)(H,24,29)(H,25,30)(H,26,28)(H,31,32)(H4,21,22,23). The molecule has 0 saturated carbocycles. The van der Waals surface area contributed by atoms with Crippen molar-refractivity contribution in [1.29, 1.82) is 0 Å². The Morgan fingerprint density at radius 1 is 0.969 bits per heavy atom. The van der Waals surface area contributed by atoms with Gasteiger partial charge in [0, 0.05) is 13.0 Å². The van der Waals surface area contributed by atoms with Crippen LogP contribution in [-0.4, -0.2) is 71.9 Å². The number of carboxylic acids is 1. The van der Waals surface area contributed by atoms with E-state index in [1.807, 2.05) is 0 Å². The van der Waals surface area contributed by atoms with E-state index in [9.17, 15) is 29.1 Å². The Morgan fingerprint density at radius 3 is 2.09 bits per heavy atom. The number of primary amides is 1. The average molecular weight is 459 g/mol. The Labute approximate surface area is 185 Å². The molecule has 0 saturated heterocycles. The monoisotopic (exact) mass is 458 g/mol. The van der Waals surface area contributed by atoms with Gasteiger partial charge in [-0.05, 0) is 25.2 Å². The lowest BCUT2D eigenvalue weighted by Crippen LogP contribution is -2.55. The first-order valence-corrected chi connectivity index (χ1v) is 10.0. The van der Waals surface area contributed by atoms with Gasteiger partial charge in [0.15, 0.2) is 5.96 Å². The average Bonchev–Trinajstić information content (AvgIpc) is 2.69. The van der Waals surface area contributed by atoms with Gasteiger partial charge in [-0.1, -0.05) is 13.8 Å². The molecule has 0 aromatic rings. The topological polar surface area (TPSA) is 258 Å². The third-order valence-corrected chi connectivity index (χ3v) is 4.29. The van der Waals surface area contributed by atoms with Crippen molar-refractivity contribution in [1.82, 2.24) is 16.0 Å². The number of carbonyl (C=O) groups excluding carboxylic acids is 4. The molecule has 0 bridgehead atoms. The predicted octanol–water partition coefficient (Wildman–Crippen LogP) is -3.54. The molecular weight excluding hydrogens is 424 g/mol. The second-order valence-electron chi connectivity index (χ2n) is 7.47. The molecule has 14 nitrogen and oxygen atoms in total. The molecule has 0 spiro atoms. The zero-order valence-corrected chi connectivity index (χ0v) is 18.3. The summed E-state index contributed by atoms with van der Waals surface area (Å²) in [6, 6.07) is -3.25. The first kappa shape index (κ1) is 28.6. The zero-order valence-electron chi connectivity index (χ0n) is 18.3. The molecule has 3 atom stereocenters. The van der Waals surface area contributed by atoms with Crippen LogP contribution in [0, 0.1) is 5.92 Å². The van der Waals surface area contributed by atoms with Crippen LogP contribution in [0.15, 0.2) is 4.99 Å². The van der Waals surface area contributed by atoms with E-state index in [2.05, 4.69) is 20.9 Å². The second kappa shape index (κ2) is 14.6. The molecule has 182 valence electrons.